The first-order chi connectivity index (χ1) is 32.1. The Morgan fingerprint density at radius 2 is 0.985 bits per heavy atom. The van der Waals surface area contributed by atoms with Crippen molar-refractivity contribution >= 4 is 22.8 Å². The Kier molecular flexibility index (Phi) is 26.4. The van der Waals surface area contributed by atoms with Gasteiger partial charge in [-0.25, -0.2) is 0 Å². The van der Waals surface area contributed by atoms with Crippen molar-refractivity contribution in [1.82, 2.24) is 0 Å². The highest BCUT2D eigenvalue weighted by molar-refractivity contribution is 6.03. The number of hydrogen-bond donors (Lipinski definition) is 0. The predicted octanol–water partition coefficient (Wildman–Crippen LogP) is 19.3. The van der Waals surface area contributed by atoms with E-state index >= 15 is 0 Å². The molecule has 0 aromatic heterocycles. The summed E-state index contributed by atoms with van der Waals surface area (Å²) in [5, 5.41) is 11.8. The van der Waals surface area contributed by atoms with Crippen LogP contribution < -0.4 is 4.90 Å². The SMILES string of the molecule is CCCCCCCCCCCCCCCCCCCCCC[N+]1=C(/C=C/C=C/C=C2/N(CCCCCCCCCCCCCC)c3ccc([N+](=O)[O-])cc3C2(C)C)C(C)(C)c2ccccc21. The van der Waals surface area contributed by atoms with Gasteiger partial charge in [-0.2, -0.15) is 4.58 Å². The standard InChI is InChI=1S/C61H98N3O2/c1-7-9-11-13-15-17-19-21-22-23-24-25-26-27-28-30-32-33-35-42-50-62-56-45-41-40-44-54(56)60(3,4)58(62)46-38-37-39-47-59-61(5,6)55-52-53(64(65)66)48-49-57(55)63(59)51-43-36-34-31-29-20-18-16-14-12-10-8-2/h37-41,44-49,52H,7-36,42-43,50-51H2,1-6H3/q+1. The van der Waals surface area contributed by atoms with Crippen LogP contribution in [0.5, 0.6) is 0 Å². The fourth-order valence-corrected chi connectivity index (χ4v) is 10.9. The van der Waals surface area contributed by atoms with Gasteiger partial charge in [0.2, 0.25) is 5.69 Å². The fraction of sp³-hybridized carbons (Fsp3) is 0.689. The molecule has 4 rings (SSSR count). The van der Waals surface area contributed by atoms with Gasteiger partial charge in [0.15, 0.2) is 5.71 Å². The number of hydrogen-bond acceptors (Lipinski definition) is 3. The van der Waals surface area contributed by atoms with Crippen LogP contribution in [0.4, 0.5) is 17.1 Å². The average Bonchev–Trinajstić information content (AvgIpc) is 3.65. The molecule has 0 unspecified atom stereocenters. The molecular weight excluding hydrogens is 807 g/mol. The summed E-state index contributed by atoms with van der Waals surface area (Å²) in [4.78, 5) is 14.0. The Hall–Kier alpha value is -3.47. The Morgan fingerprint density at radius 1 is 0.530 bits per heavy atom. The van der Waals surface area contributed by atoms with E-state index in [9.17, 15) is 10.1 Å². The third-order valence-corrected chi connectivity index (χ3v) is 15.1. The van der Waals surface area contributed by atoms with Crippen molar-refractivity contribution in [3.05, 3.63) is 99.8 Å². The number of nitrogens with zero attached hydrogens (tertiary/aromatic N) is 3. The lowest BCUT2D eigenvalue weighted by Crippen LogP contribution is -2.27. The molecule has 5 heteroatoms. The van der Waals surface area contributed by atoms with Crippen LogP contribution in [-0.2, 0) is 10.8 Å². The quantitative estimate of drug-likeness (QED) is 0.0222. The van der Waals surface area contributed by atoms with E-state index in [1.807, 2.05) is 12.1 Å². The lowest BCUT2D eigenvalue weighted by molar-refractivity contribution is -0.438. The van der Waals surface area contributed by atoms with Crippen molar-refractivity contribution in [3.63, 3.8) is 0 Å². The number of para-hydroxylation sites is 1. The number of rotatable bonds is 38. The van der Waals surface area contributed by atoms with Gasteiger partial charge >= 0.3 is 0 Å². The second kappa shape index (κ2) is 31.6. The van der Waals surface area contributed by atoms with Gasteiger partial charge in [-0.1, -0.05) is 250 Å². The van der Waals surface area contributed by atoms with Gasteiger partial charge in [-0.3, -0.25) is 10.1 Å². The number of non-ortho nitro benzene ring substituents is 1. The van der Waals surface area contributed by atoms with E-state index in [1.165, 1.54) is 222 Å². The molecule has 0 amide bonds. The molecule has 0 N–H and O–H groups in total. The molecule has 66 heavy (non-hydrogen) atoms. The van der Waals surface area contributed by atoms with E-state index in [-0.39, 0.29) is 21.4 Å². The Balaban J connectivity index is 1.24. The molecule has 0 atom stereocenters. The van der Waals surface area contributed by atoms with E-state index < -0.39 is 0 Å². The second-order valence-corrected chi connectivity index (χ2v) is 21.3. The summed E-state index contributed by atoms with van der Waals surface area (Å²) in [6, 6.07) is 14.5. The number of unbranched alkanes of at least 4 members (excludes halogenated alkanes) is 30. The number of benzene rings is 2. The van der Waals surface area contributed by atoms with Crippen molar-refractivity contribution in [2.75, 3.05) is 18.0 Å². The summed E-state index contributed by atoms with van der Waals surface area (Å²) in [7, 11) is 0. The minimum atomic E-state index is -0.334. The van der Waals surface area contributed by atoms with Crippen LogP contribution in [0.15, 0.2) is 78.5 Å². The molecule has 2 aromatic rings. The van der Waals surface area contributed by atoms with E-state index in [1.54, 1.807) is 6.07 Å². The maximum absolute atomic E-state index is 11.8. The van der Waals surface area contributed by atoms with Crippen molar-refractivity contribution in [1.29, 1.82) is 0 Å². The monoisotopic (exact) mass is 905 g/mol. The van der Waals surface area contributed by atoms with Crippen LogP contribution in [0.2, 0.25) is 0 Å². The van der Waals surface area contributed by atoms with Gasteiger partial charge in [0.05, 0.1) is 10.3 Å². The Bertz CT molecular complexity index is 1800. The van der Waals surface area contributed by atoms with Gasteiger partial charge in [0.25, 0.3) is 5.69 Å². The third-order valence-electron chi connectivity index (χ3n) is 15.1. The van der Waals surface area contributed by atoms with Gasteiger partial charge < -0.3 is 4.90 Å². The Labute approximate surface area is 406 Å². The molecule has 5 nitrogen and oxygen atoms in total. The van der Waals surface area contributed by atoms with Crippen LogP contribution in [0.25, 0.3) is 0 Å². The molecule has 0 saturated carbocycles. The second-order valence-electron chi connectivity index (χ2n) is 21.3. The summed E-state index contributed by atoms with van der Waals surface area (Å²) < 4.78 is 2.59. The third kappa shape index (κ3) is 18.2. The molecule has 2 aromatic carbocycles. The van der Waals surface area contributed by atoms with Gasteiger partial charge in [-0.05, 0) is 44.4 Å². The molecular formula is C61H98N3O2+. The van der Waals surface area contributed by atoms with E-state index in [4.69, 9.17) is 0 Å². The zero-order valence-corrected chi connectivity index (χ0v) is 43.6. The molecule has 2 heterocycles. The summed E-state index contributed by atoms with van der Waals surface area (Å²) >= 11 is 0. The van der Waals surface area contributed by atoms with Crippen LogP contribution in [0, 0.1) is 10.1 Å². The van der Waals surface area contributed by atoms with E-state index in [0.717, 1.165) is 30.8 Å². The first-order valence-electron chi connectivity index (χ1n) is 28.0. The van der Waals surface area contributed by atoms with E-state index in [2.05, 4.69) is 106 Å². The molecule has 0 saturated heterocycles. The Morgan fingerprint density at radius 3 is 1.47 bits per heavy atom. The van der Waals surface area contributed by atoms with Crippen LogP contribution in [-0.4, -0.2) is 28.3 Å². The van der Waals surface area contributed by atoms with Crippen LogP contribution >= 0.6 is 0 Å². The maximum Gasteiger partial charge on any atom is 0.269 e. The predicted molar refractivity (Wildman–Crippen MR) is 288 cm³/mol. The molecule has 0 aliphatic carbocycles. The highest BCUT2D eigenvalue weighted by atomic mass is 16.6. The van der Waals surface area contributed by atoms with Crippen molar-refractivity contribution in [3.8, 4) is 0 Å². The fourth-order valence-electron chi connectivity index (χ4n) is 10.9. The first-order valence-corrected chi connectivity index (χ1v) is 28.0. The molecule has 0 bridgehead atoms. The van der Waals surface area contributed by atoms with E-state index in [0.29, 0.717) is 0 Å². The molecule has 0 radical (unpaired) electrons. The minimum Gasteiger partial charge on any atom is -0.344 e. The van der Waals surface area contributed by atoms with Crippen molar-refractivity contribution in [2.45, 2.75) is 258 Å². The molecule has 2 aliphatic heterocycles. The number of allylic oxidation sites excluding steroid dienone is 6. The van der Waals surface area contributed by atoms with Crippen molar-refractivity contribution < 1.29 is 9.50 Å². The smallest absolute Gasteiger partial charge is 0.269 e. The zero-order valence-electron chi connectivity index (χ0n) is 43.6. The van der Waals surface area contributed by atoms with Gasteiger partial charge in [0, 0.05) is 59.6 Å². The van der Waals surface area contributed by atoms with Gasteiger partial charge in [0.1, 0.15) is 6.54 Å². The maximum atomic E-state index is 11.8. The number of nitro groups is 1. The highest BCUT2D eigenvalue weighted by Crippen LogP contribution is 2.49. The molecule has 2 aliphatic rings. The van der Waals surface area contributed by atoms with Crippen LogP contribution in [0.1, 0.15) is 258 Å². The lowest BCUT2D eigenvalue weighted by atomic mass is 9.81. The number of fused-ring (bicyclic) bond motifs is 2. The first kappa shape index (κ1) is 55.1. The van der Waals surface area contributed by atoms with Crippen LogP contribution in [0.3, 0.4) is 0 Å². The topological polar surface area (TPSA) is 49.4 Å². The normalized spacial score (nSPS) is 15.8. The number of anilines is 1. The summed E-state index contributed by atoms with van der Waals surface area (Å²) in [6.45, 7) is 15.8. The largest absolute Gasteiger partial charge is 0.344 e. The molecule has 368 valence electrons. The minimum absolute atomic E-state index is 0.0677. The highest BCUT2D eigenvalue weighted by Gasteiger charge is 2.44. The lowest BCUT2D eigenvalue weighted by Gasteiger charge is -2.27. The molecule has 0 fully saturated rings. The summed E-state index contributed by atoms with van der Waals surface area (Å²) in [6.07, 6.45) is 55.2. The summed E-state index contributed by atoms with van der Waals surface area (Å²) in [5.41, 5.74) is 7.29. The average molecular weight is 905 g/mol. The van der Waals surface area contributed by atoms with Crippen molar-refractivity contribution in [2.24, 2.45) is 0 Å². The molecule has 0 spiro atoms. The summed E-state index contributed by atoms with van der Waals surface area (Å²) in [5.74, 6) is 0. The number of nitro benzene ring substituents is 1. The van der Waals surface area contributed by atoms with Gasteiger partial charge in [-0.15, -0.1) is 0 Å². The zero-order chi connectivity index (χ0) is 47.3.